The summed E-state index contributed by atoms with van der Waals surface area (Å²) >= 11 is 0. The Balaban J connectivity index is 2.17. The van der Waals surface area contributed by atoms with Crippen molar-refractivity contribution in [3.8, 4) is 0 Å². The van der Waals surface area contributed by atoms with Gasteiger partial charge in [-0.15, -0.1) is 0 Å². The minimum atomic E-state index is -0.916. The van der Waals surface area contributed by atoms with Crippen molar-refractivity contribution in [3.05, 3.63) is 0 Å². The lowest BCUT2D eigenvalue weighted by atomic mass is 9.77. The number of fused-ring (bicyclic) bond motifs is 2. The van der Waals surface area contributed by atoms with Crippen LogP contribution in [-0.2, 0) is 9.63 Å². The molecule has 1 aliphatic heterocycles. The molecule has 1 saturated carbocycles. The van der Waals surface area contributed by atoms with Gasteiger partial charge in [-0.2, -0.15) is 0 Å². The van der Waals surface area contributed by atoms with E-state index in [0.717, 1.165) is 19.4 Å². The Morgan fingerprint density at radius 1 is 1.67 bits per heavy atom. The summed E-state index contributed by atoms with van der Waals surface area (Å²) in [5, 5.41) is 8.98. The van der Waals surface area contributed by atoms with Crippen molar-refractivity contribution < 1.29 is 14.7 Å². The van der Waals surface area contributed by atoms with Crippen LogP contribution in [0.1, 0.15) is 25.7 Å². The predicted molar refractivity (Wildman–Crippen MR) is 41.4 cm³/mol. The van der Waals surface area contributed by atoms with Crippen LogP contribution in [0.25, 0.3) is 0 Å². The van der Waals surface area contributed by atoms with Gasteiger partial charge < -0.3 is 5.11 Å². The minimum Gasteiger partial charge on any atom is -0.479 e. The van der Waals surface area contributed by atoms with Gasteiger partial charge >= 0.3 is 5.97 Å². The van der Waals surface area contributed by atoms with Crippen LogP contribution in [0.4, 0.5) is 0 Å². The van der Waals surface area contributed by atoms with Crippen LogP contribution >= 0.6 is 0 Å². The molecule has 0 aromatic heterocycles. The Kier molecular flexibility index (Phi) is 1.81. The van der Waals surface area contributed by atoms with Crippen molar-refractivity contribution >= 4 is 5.97 Å². The Labute approximate surface area is 70.9 Å². The van der Waals surface area contributed by atoms with Gasteiger partial charge in [-0.1, -0.05) is 0 Å². The fraction of sp³-hybridized carbons (Fsp3) is 0.875. The number of aliphatic carboxylic acids is 1. The average molecular weight is 171 g/mol. The lowest BCUT2D eigenvalue weighted by Crippen LogP contribution is -2.54. The molecule has 0 radical (unpaired) electrons. The Hall–Kier alpha value is -0.610. The summed E-state index contributed by atoms with van der Waals surface area (Å²) in [5.74, 6) is -0.331. The number of hydrogen-bond acceptors (Lipinski definition) is 3. The van der Waals surface area contributed by atoms with Gasteiger partial charge in [0.15, 0.2) is 5.60 Å². The number of carboxylic acids is 1. The molecule has 2 bridgehead atoms. The third kappa shape index (κ3) is 1.11. The van der Waals surface area contributed by atoms with E-state index in [4.69, 9.17) is 9.94 Å². The van der Waals surface area contributed by atoms with Crippen LogP contribution in [0.2, 0.25) is 0 Å². The normalized spacial score (nSPS) is 40.8. The van der Waals surface area contributed by atoms with Crippen LogP contribution < -0.4 is 5.48 Å². The van der Waals surface area contributed by atoms with E-state index in [-0.39, 0.29) is 0 Å². The third-order valence-electron chi connectivity index (χ3n) is 2.84. The highest BCUT2D eigenvalue weighted by Gasteiger charge is 2.47. The summed E-state index contributed by atoms with van der Waals surface area (Å²) in [5.41, 5.74) is 1.81. The van der Waals surface area contributed by atoms with E-state index < -0.39 is 11.6 Å². The highest BCUT2D eigenvalue weighted by atomic mass is 16.7. The van der Waals surface area contributed by atoms with E-state index in [2.05, 4.69) is 5.48 Å². The number of carbonyl (C=O) groups is 1. The average Bonchev–Trinajstić information content (AvgIpc) is 2.04. The van der Waals surface area contributed by atoms with Crippen molar-refractivity contribution in [2.24, 2.45) is 5.92 Å². The quantitative estimate of drug-likeness (QED) is 0.604. The summed E-state index contributed by atoms with van der Waals surface area (Å²) in [7, 11) is 0. The third-order valence-corrected chi connectivity index (χ3v) is 2.84. The van der Waals surface area contributed by atoms with Crippen LogP contribution in [0.5, 0.6) is 0 Å². The fourth-order valence-electron chi connectivity index (χ4n) is 2.15. The molecule has 2 fully saturated rings. The SMILES string of the molecule is O=C(O)C12CCCC(CNO1)C2. The van der Waals surface area contributed by atoms with Crippen molar-refractivity contribution in [2.45, 2.75) is 31.3 Å². The molecule has 0 spiro atoms. The molecule has 2 unspecified atom stereocenters. The van der Waals surface area contributed by atoms with E-state index in [1.54, 1.807) is 0 Å². The fourth-order valence-corrected chi connectivity index (χ4v) is 2.15. The van der Waals surface area contributed by atoms with Crippen molar-refractivity contribution in [2.75, 3.05) is 6.54 Å². The van der Waals surface area contributed by atoms with Gasteiger partial charge in [0, 0.05) is 6.54 Å². The molecule has 4 heteroatoms. The largest absolute Gasteiger partial charge is 0.479 e. The summed E-state index contributed by atoms with van der Waals surface area (Å²) in [4.78, 5) is 16.1. The molecule has 2 atom stereocenters. The molecule has 0 aromatic carbocycles. The Morgan fingerprint density at radius 2 is 2.50 bits per heavy atom. The molecule has 4 nitrogen and oxygen atoms in total. The highest BCUT2D eigenvalue weighted by molar-refractivity contribution is 5.77. The molecule has 2 N–H and O–H groups in total. The van der Waals surface area contributed by atoms with Crippen LogP contribution in [0.15, 0.2) is 0 Å². The highest BCUT2D eigenvalue weighted by Crippen LogP contribution is 2.37. The van der Waals surface area contributed by atoms with E-state index in [9.17, 15) is 4.79 Å². The molecule has 0 aromatic rings. The van der Waals surface area contributed by atoms with E-state index in [0.29, 0.717) is 18.8 Å². The summed E-state index contributed by atoms with van der Waals surface area (Å²) in [6.45, 7) is 0.801. The molecule has 2 aliphatic rings. The van der Waals surface area contributed by atoms with E-state index in [1.165, 1.54) is 0 Å². The second-order valence-electron chi connectivity index (χ2n) is 3.71. The first kappa shape index (κ1) is 8.01. The predicted octanol–water partition coefficient (Wildman–Crippen LogP) is 0.535. The number of hydrogen-bond donors (Lipinski definition) is 2. The van der Waals surface area contributed by atoms with Crippen LogP contribution in [0.3, 0.4) is 0 Å². The monoisotopic (exact) mass is 171 g/mol. The Morgan fingerprint density at radius 3 is 3.17 bits per heavy atom. The zero-order valence-corrected chi connectivity index (χ0v) is 6.88. The van der Waals surface area contributed by atoms with Gasteiger partial charge in [0.05, 0.1) is 0 Å². The lowest BCUT2D eigenvalue weighted by Gasteiger charge is -2.41. The molecule has 68 valence electrons. The zero-order valence-electron chi connectivity index (χ0n) is 6.88. The van der Waals surface area contributed by atoms with Gasteiger partial charge in [0.1, 0.15) is 0 Å². The first-order valence-corrected chi connectivity index (χ1v) is 4.37. The number of carboxylic acid groups (broad SMARTS) is 1. The van der Waals surface area contributed by atoms with Crippen molar-refractivity contribution in [1.29, 1.82) is 0 Å². The summed E-state index contributed by atoms with van der Waals surface area (Å²) in [6, 6.07) is 0. The molecule has 1 aliphatic carbocycles. The molecule has 12 heavy (non-hydrogen) atoms. The number of hydroxylamine groups is 1. The van der Waals surface area contributed by atoms with Crippen molar-refractivity contribution in [1.82, 2.24) is 5.48 Å². The molecule has 1 saturated heterocycles. The number of rotatable bonds is 1. The Bertz CT molecular complexity index is 194. The topological polar surface area (TPSA) is 58.6 Å². The maximum Gasteiger partial charge on any atom is 0.338 e. The maximum absolute atomic E-state index is 10.9. The first-order valence-electron chi connectivity index (χ1n) is 4.37. The number of nitrogens with one attached hydrogen (secondary N) is 1. The maximum atomic E-state index is 10.9. The lowest BCUT2D eigenvalue weighted by molar-refractivity contribution is -0.201. The van der Waals surface area contributed by atoms with Gasteiger partial charge in [-0.25, -0.2) is 10.3 Å². The second kappa shape index (κ2) is 2.71. The molecular weight excluding hydrogens is 158 g/mol. The first-order chi connectivity index (χ1) is 5.73. The summed E-state index contributed by atoms with van der Waals surface area (Å²) in [6.07, 6.45) is 3.42. The van der Waals surface area contributed by atoms with Crippen LogP contribution in [0, 0.1) is 5.92 Å². The molecule has 2 rings (SSSR count). The minimum absolute atomic E-state index is 0.489. The molecular formula is C8H13NO3. The standard InChI is InChI=1S/C8H13NO3/c10-7(11)8-3-1-2-6(4-8)5-9-12-8/h6,9H,1-5H2,(H,10,11). The van der Waals surface area contributed by atoms with E-state index >= 15 is 0 Å². The zero-order chi connectivity index (χ0) is 8.60. The smallest absolute Gasteiger partial charge is 0.338 e. The summed E-state index contributed by atoms with van der Waals surface area (Å²) < 4.78 is 0. The van der Waals surface area contributed by atoms with Crippen molar-refractivity contribution in [3.63, 3.8) is 0 Å². The van der Waals surface area contributed by atoms with Gasteiger partial charge in [-0.05, 0) is 31.6 Å². The van der Waals surface area contributed by atoms with Gasteiger partial charge in [-0.3, -0.25) is 4.84 Å². The van der Waals surface area contributed by atoms with Crippen LogP contribution in [-0.4, -0.2) is 23.2 Å². The molecule has 1 heterocycles. The molecule has 0 amide bonds. The van der Waals surface area contributed by atoms with E-state index in [1.807, 2.05) is 0 Å². The van der Waals surface area contributed by atoms with Gasteiger partial charge in [0.2, 0.25) is 0 Å². The second-order valence-corrected chi connectivity index (χ2v) is 3.71. The van der Waals surface area contributed by atoms with Gasteiger partial charge in [0.25, 0.3) is 0 Å².